The molecule has 1 aliphatic rings. The molecule has 3 heterocycles. The maximum Gasteiger partial charge on any atom is 0.174 e. The molecule has 0 bridgehead atoms. The summed E-state index contributed by atoms with van der Waals surface area (Å²) in [6, 6.07) is 3.78. The smallest absolute Gasteiger partial charge is 0.174 e. The molecule has 0 radical (unpaired) electrons. The highest BCUT2D eigenvalue weighted by Crippen LogP contribution is 2.20. The Hall–Kier alpha value is -1.55. The van der Waals surface area contributed by atoms with Gasteiger partial charge in [0.15, 0.2) is 11.6 Å². The Morgan fingerprint density at radius 3 is 3.21 bits per heavy atom. The molecular weight excluding hydrogens is 178 g/mol. The molecular formula is C10H11N3O. The van der Waals surface area contributed by atoms with E-state index in [9.17, 15) is 0 Å². The normalized spacial score (nSPS) is 15.4. The third-order valence-corrected chi connectivity index (χ3v) is 2.46. The molecule has 0 spiro atoms. The summed E-state index contributed by atoms with van der Waals surface area (Å²) in [7, 11) is 0. The van der Waals surface area contributed by atoms with Gasteiger partial charge in [-0.05, 0) is 12.1 Å². The number of hydrogen-bond acceptors (Lipinski definition) is 3. The fraction of sp³-hybridized carbons (Fsp3) is 0.300. The van der Waals surface area contributed by atoms with E-state index in [-0.39, 0.29) is 0 Å². The van der Waals surface area contributed by atoms with Crippen molar-refractivity contribution >= 4 is 0 Å². The number of rotatable bonds is 1. The molecule has 0 amide bonds. The number of hydrogen-bond donors (Lipinski definition) is 2. The van der Waals surface area contributed by atoms with Gasteiger partial charge in [-0.2, -0.15) is 0 Å². The Labute approximate surface area is 81.4 Å². The predicted molar refractivity (Wildman–Crippen MR) is 51.7 cm³/mol. The first-order valence-corrected chi connectivity index (χ1v) is 4.76. The first-order chi connectivity index (χ1) is 6.93. The maximum atomic E-state index is 5.28. The standard InChI is InChI=1S/C10H11N3O/c1-2-9(14-5-1)10-12-7-3-4-11-6-8(7)13-10/h1-2,5,11H,3-4,6H2,(H,12,13). The molecule has 0 atom stereocenters. The molecule has 2 aromatic rings. The fourth-order valence-electron chi connectivity index (χ4n) is 1.75. The van der Waals surface area contributed by atoms with Gasteiger partial charge in [-0.3, -0.25) is 0 Å². The first-order valence-electron chi connectivity index (χ1n) is 4.76. The maximum absolute atomic E-state index is 5.28. The average Bonchev–Trinajstić information content (AvgIpc) is 2.86. The van der Waals surface area contributed by atoms with E-state index in [4.69, 9.17) is 4.42 Å². The molecule has 72 valence electrons. The largest absolute Gasteiger partial charge is 0.461 e. The lowest BCUT2D eigenvalue weighted by Gasteiger charge is -2.09. The second-order valence-electron chi connectivity index (χ2n) is 3.41. The molecule has 0 aliphatic carbocycles. The number of nitrogens with one attached hydrogen (secondary N) is 2. The number of imidazole rings is 1. The molecule has 0 fully saturated rings. The Bertz CT molecular complexity index is 407. The van der Waals surface area contributed by atoms with E-state index in [2.05, 4.69) is 15.3 Å². The van der Waals surface area contributed by atoms with Crippen molar-refractivity contribution in [2.24, 2.45) is 0 Å². The van der Waals surface area contributed by atoms with Crippen LogP contribution in [0.1, 0.15) is 11.4 Å². The van der Waals surface area contributed by atoms with Crippen LogP contribution in [0.25, 0.3) is 11.6 Å². The Balaban J connectivity index is 2.04. The highest BCUT2D eigenvalue weighted by atomic mass is 16.3. The van der Waals surface area contributed by atoms with Gasteiger partial charge in [0.1, 0.15) is 0 Å². The highest BCUT2D eigenvalue weighted by molar-refractivity contribution is 5.48. The van der Waals surface area contributed by atoms with Crippen LogP contribution in [0.5, 0.6) is 0 Å². The van der Waals surface area contributed by atoms with Crippen molar-refractivity contribution < 1.29 is 4.42 Å². The van der Waals surface area contributed by atoms with Gasteiger partial charge in [0, 0.05) is 19.5 Å². The van der Waals surface area contributed by atoms with Gasteiger partial charge in [-0.15, -0.1) is 0 Å². The van der Waals surface area contributed by atoms with Gasteiger partial charge in [0.25, 0.3) is 0 Å². The van der Waals surface area contributed by atoms with Crippen LogP contribution in [0.3, 0.4) is 0 Å². The molecule has 4 heteroatoms. The summed E-state index contributed by atoms with van der Waals surface area (Å²) in [6.45, 7) is 1.89. The topological polar surface area (TPSA) is 53.9 Å². The zero-order valence-corrected chi connectivity index (χ0v) is 7.71. The minimum absolute atomic E-state index is 0.805. The summed E-state index contributed by atoms with van der Waals surface area (Å²) in [5.74, 6) is 1.64. The third kappa shape index (κ3) is 1.15. The summed E-state index contributed by atoms with van der Waals surface area (Å²) in [4.78, 5) is 7.77. The molecule has 1 aliphatic heterocycles. The van der Waals surface area contributed by atoms with Crippen LogP contribution in [0.2, 0.25) is 0 Å². The molecule has 3 rings (SSSR count). The lowest BCUT2D eigenvalue weighted by atomic mass is 10.2. The zero-order chi connectivity index (χ0) is 9.38. The number of H-pyrrole nitrogens is 1. The number of aromatic amines is 1. The molecule has 0 saturated heterocycles. The van der Waals surface area contributed by atoms with Crippen molar-refractivity contribution in [3.05, 3.63) is 29.8 Å². The molecule has 14 heavy (non-hydrogen) atoms. The summed E-state index contributed by atoms with van der Waals surface area (Å²) < 4.78 is 5.28. The van der Waals surface area contributed by atoms with Crippen molar-refractivity contribution in [2.45, 2.75) is 13.0 Å². The summed E-state index contributed by atoms with van der Waals surface area (Å²) in [5, 5.41) is 3.30. The average molecular weight is 189 g/mol. The van der Waals surface area contributed by atoms with Gasteiger partial charge in [-0.25, -0.2) is 4.98 Å². The van der Waals surface area contributed by atoms with E-state index in [1.807, 2.05) is 12.1 Å². The monoisotopic (exact) mass is 189 g/mol. The minimum Gasteiger partial charge on any atom is -0.461 e. The molecule has 2 aromatic heterocycles. The first kappa shape index (κ1) is 7.82. The molecule has 2 N–H and O–H groups in total. The Morgan fingerprint density at radius 2 is 2.43 bits per heavy atom. The second-order valence-corrected chi connectivity index (χ2v) is 3.41. The Kier molecular flexibility index (Phi) is 1.67. The highest BCUT2D eigenvalue weighted by Gasteiger charge is 2.15. The lowest BCUT2D eigenvalue weighted by Crippen LogP contribution is -2.23. The van der Waals surface area contributed by atoms with E-state index in [1.54, 1.807) is 6.26 Å². The van der Waals surface area contributed by atoms with Crippen LogP contribution >= 0.6 is 0 Å². The third-order valence-electron chi connectivity index (χ3n) is 2.46. The van der Waals surface area contributed by atoms with E-state index < -0.39 is 0 Å². The van der Waals surface area contributed by atoms with Crippen LogP contribution in [-0.2, 0) is 13.0 Å². The van der Waals surface area contributed by atoms with Crippen molar-refractivity contribution in [3.8, 4) is 11.6 Å². The predicted octanol–water partition coefficient (Wildman–Crippen LogP) is 1.32. The number of furan rings is 1. The van der Waals surface area contributed by atoms with Crippen LogP contribution in [0.4, 0.5) is 0 Å². The summed E-state index contributed by atoms with van der Waals surface area (Å²) >= 11 is 0. The van der Waals surface area contributed by atoms with Crippen molar-refractivity contribution in [2.75, 3.05) is 6.54 Å². The van der Waals surface area contributed by atoms with Gasteiger partial charge >= 0.3 is 0 Å². The van der Waals surface area contributed by atoms with E-state index in [0.29, 0.717) is 0 Å². The van der Waals surface area contributed by atoms with Crippen LogP contribution < -0.4 is 5.32 Å². The van der Waals surface area contributed by atoms with Crippen LogP contribution in [0, 0.1) is 0 Å². The van der Waals surface area contributed by atoms with Crippen molar-refractivity contribution in [3.63, 3.8) is 0 Å². The quantitative estimate of drug-likeness (QED) is 0.711. The van der Waals surface area contributed by atoms with Gasteiger partial charge < -0.3 is 14.7 Å². The lowest BCUT2D eigenvalue weighted by molar-refractivity contribution is 0.578. The summed E-state index contributed by atoms with van der Waals surface area (Å²) in [6.07, 6.45) is 2.65. The second kappa shape index (κ2) is 2.99. The van der Waals surface area contributed by atoms with Crippen LogP contribution in [0.15, 0.2) is 22.8 Å². The number of aromatic nitrogens is 2. The molecule has 0 saturated carbocycles. The van der Waals surface area contributed by atoms with Gasteiger partial charge in [-0.1, -0.05) is 0 Å². The zero-order valence-electron chi connectivity index (χ0n) is 7.71. The fourth-order valence-corrected chi connectivity index (χ4v) is 1.75. The minimum atomic E-state index is 0.805. The van der Waals surface area contributed by atoms with E-state index in [0.717, 1.165) is 36.8 Å². The number of fused-ring (bicyclic) bond motifs is 1. The Morgan fingerprint density at radius 1 is 1.43 bits per heavy atom. The van der Waals surface area contributed by atoms with Crippen LogP contribution in [-0.4, -0.2) is 16.5 Å². The SMILES string of the molecule is c1coc(-c2nc3c([nH]2)CNCC3)c1. The molecule has 4 nitrogen and oxygen atoms in total. The van der Waals surface area contributed by atoms with Crippen molar-refractivity contribution in [1.82, 2.24) is 15.3 Å². The van der Waals surface area contributed by atoms with Gasteiger partial charge in [0.2, 0.25) is 0 Å². The number of nitrogens with zero attached hydrogens (tertiary/aromatic N) is 1. The molecule has 0 aromatic carbocycles. The van der Waals surface area contributed by atoms with E-state index in [1.165, 1.54) is 5.69 Å². The summed E-state index contributed by atoms with van der Waals surface area (Å²) in [5.41, 5.74) is 2.35. The van der Waals surface area contributed by atoms with Gasteiger partial charge in [0.05, 0.1) is 17.7 Å². The van der Waals surface area contributed by atoms with Crippen molar-refractivity contribution in [1.29, 1.82) is 0 Å². The molecule has 0 unspecified atom stereocenters. The van der Waals surface area contributed by atoms with E-state index >= 15 is 0 Å².